The van der Waals surface area contributed by atoms with Gasteiger partial charge in [0.15, 0.2) is 11.6 Å². The molecule has 0 aliphatic carbocycles. The molecule has 8 heteroatoms. The van der Waals surface area contributed by atoms with Crippen LogP contribution in [0.5, 0.6) is 0 Å². The molecule has 2 aromatic carbocycles. The Labute approximate surface area is 193 Å². The third-order valence-corrected chi connectivity index (χ3v) is 5.56. The van der Waals surface area contributed by atoms with E-state index in [4.69, 9.17) is 0 Å². The van der Waals surface area contributed by atoms with Crippen LogP contribution in [0.3, 0.4) is 0 Å². The Balaban J connectivity index is 1.60. The van der Waals surface area contributed by atoms with Crippen molar-refractivity contribution in [3.05, 3.63) is 76.5 Å². The summed E-state index contributed by atoms with van der Waals surface area (Å²) >= 11 is 0. The summed E-state index contributed by atoms with van der Waals surface area (Å²) in [5.41, 5.74) is 4.01. The van der Waals surface area contributed by atoms with E-state index in [0.717, 1.165) is 47.9 Å². The lowest BCUT2D eigenvalue weighted by atomic mass is 9.98. The fourth-order valence-electron chi connectivity index (χ4n) is 3.80. The summed E-state index contributed by atoms with van der Waals surface area (Å²) in [6.45, 7) is 5.35. The average molecular weight is 444 g/mol. The van der Waals surface area contributed by atoms with Crippen LogP contribution in [0.2, 0.25) is 0 Å². The van der Waals surface area contributed by atoms with Crippen LogP contribution in [-0.4, -0.2) is 35.0 Å². The number of aromatic nitrogens is 7. The topological polar surface area (TPSA) is 94.3 Å². The predicted molar refractivity (Wildman–Crippen MR) is 129 cm³/mol. The molecule has 0 saturated carbocycles. The van der Waals surface area contributed by atoms with E-state index in [1.165, 1.54) is 0 Å². The van der Waals surface area contributed by atoms with Crippen molar-refractivity contribution in [1.82, 2.24) is 35.0 Å². The molecule has 0 amide bonds. The molecule has 1 N–H and O–H groups in total. The highest BCUT2D eigenvalue weighted by Gasteiger charge is 2.13. The second-order valence-electron chi connectivity index (χ2n) is 7.96. The van der Waals surface area contributed by atoms with Gasteiger partial charge in [0.2, 0.25) is 0 Å². The van der Waals surface area contributed by atoms with Gasteiger partial charge in [-0.3, -0.25) is 4.57 Å². The zero-order valence-electron chi connectivity index (χ0n) is 19.1. The maximum absolute atomic E-state index is 13.0. The summed E-state index contributed by atoms with van der Waals surface area (Å²) in [6.07, 6.45) is 8.03. The van der Waals surface area contributed by atoms with Crippen molar-refractivity contribution in [2.24, 2.45) is 0 Å². The molecule has 0 aliphatic heterocycles. The average Bonchev–Trinajstić information content (AvgIpc) is 3.48. The van der Waals surface area contributed by atoms with E-state index in [1.807, 2.05) is 36.4 Å². The van der Waals surface area contributed by atoms with Crippen LogP contribution in [0, 0.1) is 0 Å². The molecule has 8 nitrogen and oxygen atoms in total. The Morgan fingerprint density at radius 2 is 1.79 bits per heavy atom. The second-order valence-corrected chi connectivity index (χ2v) is 7.96. The van der Waals surface area contributed by atoms with Crippen LogP contribution >= 0.6 is 0 Å². The first-order valence-corrected chi connectivity index (χ1v) is 11.5. The smallest absolute Gasteiger partial charge is 0.271 e. The molecule has 0 aliphatic rings. The molecule has 0 bridgehead atoms. The van der Waals surface area contributed by atoms with E-state index in [9.17, 15) is 4.79 Å². The molecule has 0 atom stereocenters. The number of tetrazole rings is 1. The molecule has 2 heterocycles. The number of benzene rings is 2. The summed E-state index contributed by atoms with van der Waals surface area (Å²) in [5, 5.41) is 18.8. The SMILES string of the molecule is CC/C=C/c1nn(CCCCC)c(=O)n1Cc1ccc(-c2ccccc2-c2nnn[nH]2)cc1. The van der Waals surface area contributed by atoms with Crippen LogP contribution in [0.4, 0.5) is 0 Å². The van der Waals surface area contributed by atoms with Crippen molar-refractivity contribution in [3.8, 4) is 22.5 Å². The fourth-order valence-corrected chi connectivity index (χ4v) is 3.80. The van der Waals surface area contributed by atoms with E-state index in [2.05, 4.69) is 63.8 Å². The van der Waals surface area contributed by atoms with E-state index in [0.29, 0.717) is 24.7 Å². The van der Waals surface area contributed by atoms with Crippen molar-refractivity contribution >= 4 is 6.08 Å². The Kier molecular flexibility index (Phi) is 7.24. The molecule has 170 valence electrons. The Morgan fingerprint density at radius 3 is 2.48 bits per heavy atom. The minimum Gasteiger partial charge on any atom is -0.271 e. The molecular weight excluding hydrogens is 414 g/mol. The van der Waals surface area contributed by atoms with Crippen molar-refractivity contribution in [3.63, 3.8) is 0 Å². The zero-order valence-corrected chi connectivity index (χ0v) is 19.1. The first-order chi connectivity index (χ1) is 16.2. The summed E-state index contributed by atoms with van der Waals surface area (Å²) in [7, 11) is 0. The van der Waals surface area contributed by atoms with Gasteiger partial charge in [0, 0.05) is 12.1 Å². The molecule has 0 unspecified atom stereocenters. The lowest BCUT2D eigenvalue weighted by Crippen LogP contribution is -2.25. The molecule has 33 heavy (non-hydrogen) atoms. The number of hydrogen-bond acceptors (Lipinski definition) is 5. The Hall–Kier alpha value is -3.81. The zero-order chi connectivity index (χ0) is 23.0. The number of hydrogen-bond donors (Lipinski definition) is 1. The van der Waals surface area contributed by atoms with Crippen molar-refractivity contribution in [2.45, 2.75) is 52.6 Å². The van der Waals surface area contributed by atoms with E-state index >= 15 is 0 Å². The summed E-state index contributed by atoms with van der Waals surface area (Å²) in [6, 6.07) is 16.2. The Bertz CT molecular complexity index is 1250. The van der Waals surface area contributed by atoms with Crippen molar-refractivity contribution in [2.75, 3.05) is 0 Å². The second kappa shape index (κ2) is 10.7. The summed E-state index contributed by atoms with van der Waals surface area (Å²) < 4.78 is 3.35. The molecular formula is C25H29N7O. The van der Waals surface area contributed by atoms with Crippen molar-refractivity contribution in [1.29, 1.82) is 0 Å². The number of rotatable bonds is 10. The van der Waals surface area contributed by atoms with Gasteiger partial charge in [-0.2, -0.15) is 5.10 Å². The first-order valence-electron chi connectivity index (χ1n) is 11.5. The normalized spacial score (nSPS) is 11.5. The van der Waals surface area contributed by atoms with Gasteiger partial charge in [0.1, 0.15) is 0 Å². The van der Waals surface area contributed by atoms with Crippen LogP contribution in [-0.2, 0) is 13.1 Å². The van der Waals surface area contributed by atoms with Gasteiger partial charge >= 0.3 is 5.69 Å². The minimum absolute atomic E-state index is 0.0610. The number of unbranched alkanes of at least 4 members (excludes halogenated alkanes) is 2. The molecule has 0 spiro atoms. The van der Waals surface area contributed by atoms with Gasteiger partial charge in [-0.25, -0.2) is 14.6 Å². The highest BCUT2D eigenvalue weighted by Crippen LogP contribution is 2.29. The van der Waals surface area contributed by atoms with Crippen LogP contribution in [0.15, 0.2) is 59.4 Å². The Morgan fingerprint density at radius 1 is 1.00 bits per heavy atom. The third kappa shape index (κ3) is 5.16. The molecule has 0 fully saturated rings. The fraction of sp³-hybridized carbons (Fsp3) is 0.320. The van der Waals surface area contributed by atoms with Gasteiger partial charge in [-0.1, -0.05) is 81.3 Å². The van der Waals surface area contributed by atoms with Gasteiger partial charge in [-0.15, -0.1) is 5.10 Å². The molecule has 0 radical (unpaired) electrons. The first kappa shape index (κ1) is 22.4. The highest BCUT2D eigenvalue weighted by atomic mass is 16.2. The molecule has 0 saturated heterocycles. The van der Waals surface area contributed by atoms with Gasteiger partial charge < -0.3 is 0 Å². The number of allylic oxidation sites excluding steroid dienone is 1. The van der Waals surface area contributed by atoms with E-state index in [1.54, 1.807) is 9.25 Å². The number of aryl methyl sites for hydroxylation is 1. The van der Waals surface area contributed by atoms with Crippen molar-refractivity contribution < 1.29 is 0 Å². The largest absolute Gasteiger partial charge is 0.346 e. The monoisotopic (exact) mass is 443 g/mol. The molecule has 4 aromatic rings. The predicted octanol–water partition coefficient (Wildman–Crippen LogP) is 4.55. The summed E-state index contributed by atoms with van der Waals surface area (Å²) in [4.78, 5) is 13.0. The molecule has 2 aromatic heterocycles. The van der Waals surface area contributed by atoms with Crippen LogP contribution in [0.25, 0.3) is 28.6 Å². The van der Waals surface area contributed by atoms with Gasteiger partial charge in [-0.05, 0) is 46.0 Å². The van der Waals surface area contributed by atoms with E-state index in [-0.39, 0.29) is 5.69 Å². The quantitative estimate of drug-likeness (QED) is 0.363. The molecule has 4 rings (SSSR count). The van der Waals surface area contributed by atoms with Gasteiger partial charge in [0.05, 0.1) is 6.54 Å². The van der Waals surface area contributed by atoms with Gasteiger partial charge in [0.25, 0.3) is 0 Å². The number of nitrogens with zero attached hydrogens (tertiary/aromatic N) is 6. The standard InChI is InChI=1S/C25H29N7O/c1-3-5-9-17-32-25(33)31(23(28-32)12-6-4-2)18-19-13-15-20(16-14-19)21-10-7-8-11-22(21)24-26-29-30-27-24/h6-8,10-16H,3-5,9,17-18H2,1-2H3,(H,26,27,29,30)/b12-6+. The maximum atomic E-state index is 13.0. The van der Waals surface area contributed by atoms with E-state index < -0.39 is 0 Å². The lowest BCUT2D eigenvalue weighted by Gasteiger charge is -2.09. The third-order valence-electron chi connectivity index (χ3n) is 5.56. The minimum atomic E-state index is -0.0610. The number of aromatic amines is 1. The van der Waals surface area contributed by atoms with Crippen LogP contribution < -0.4 is 5.69 Å². The highest BCUT2D eigenvalue weighted by molar-refractivity contribution is 5.80. The number of nitrogens with one attached hydrogen (secondary N) is 1. The lowest BCUT2D eigenvalue weighted by molar-refractivity contribution is 0.531. The van der Waals surface area contributed by atoms with Crippen LogP contribution in [0.1, 0.15) is 50.9 Å². The summed E-state index contributed by atoms with van der Waals surface area (Å²) in [5.74, 6) is 1.33. The number of H-pyrrole nitrogens is 1. The maximum Gasteiger partial charge on any atom is 0.346 e.